The Hall–Kier alpha value is -1.39. The van der Waals surface area contributed by atoms with Crippen molar-refractivity contribution in [1.29, 1.82) is 0 Å². The molecule has 1 heterocycles. The van der Waals surface area contributed by atoms with Gasteiger partial charge in [0.2, 0.25) is 0 Å². The third kappa shape index (κ3) is 2.65. The van der Waals surface area contributed by atoms with Gasteiger partial charge >= 0.3 is 0 Å². The normalized spacial score (nSPS) is 10.6. The van der Waals surface area contributed by atoms with Gasteiger partial charge in [0.25, 0.3) is 0 Å². The number of nitrogens with zero attached hydrogens (tertiary/aromatic N) is 1. The lowest BCUT2D eigenvalue weighted by atomic mass is 10.1. The number of anilines is 2. The summed E-state index contributed by atoms with van der Waals surface area (Å²) in [5.41, 5.74) is 1.05. The minimum Gasteiger partial charge on any atom is -0.339 e. The number of rotatable bonds is 2. The molecule has 0 spiro atoms. The van der Waals surface area contributed by atoms with Crippen molar-refractivity contribution in [3.8, 4) is 0 Å². The van der Waals surface area contributed by atoms with Crippen LogP contribution in [0.3, 0.4) is 0 Å². The summed E-state index contributed by atoms with van der Waals surface area (Å²) in [7, 11) is 0. The van der Waals surface area contributed by atoms with Gasteiger partial charge in [0.05, 0.1) is 4.47 Å². The third-order valence-corrected chi connectivity index (χ3v) is 3.89. The van der Waals surface area contributed by atoms with Gasteiger partial charge < -0.3 is 5.32 Å². The van der Waals surface area contributed by atoms with Crippen molar-refractivity contribution in [2.24, 2.45) is 0 Å². The fourth-order valence-corrected chi connectivity index (χ4v) is 3.06. The lowest BCUT2D eigenvalue weighted by molar-refractivity contribution is 1.28. The van der Waals surface area contributed by atoms with Crippen LogP contribution in [0.15, 0.2) is 63.7 Å². The Labute approximate surface area is 128 Å². The van der Waals surface area contributed by atoms with Crippen molar-refractivity contribution in [3.63, 3.8) is 0 Å². The number of benzene rings is 2. The van der Waals surface area contributed by atoms with Crippen LogP contribution in [0, 0.1) is 0 Å². The number of pyridine rings is 1. The molecule has 0 radical (unpaired) electrons. The van der Waals surface area contributed by atoms with Gasteiger partial charge in [0.15, 0.2) is 0 Å². The number of fused-ring (bicyclic) bond motifs is 1. The summed E-state index contributed by atoms with van der Waals surface area (Å²) in [4.78, 5) is 4.38. The maximum Gasteiger partial charge on any atom is 0.144 e. The molecule has 0 saturated carbocycles. The van der Waals surface area contributed by atoms with E-state index in [4.69, 9.17) is 0 Å². The molecule has 0 unspecified atom stereocenters. The Balaban J connectivity index is 2.06. The second kappa shape index (κ2) is 5.31. The fourth-order valence-electron chi connectivity index (χ4n) is 1.97. The van der Waals surface area contributed by atoms with Crippen LogP contribution in [0.25, 0.3) is 10.8 Å². The molecule has 19 heavy (non-hydrogen) atoms. The highest BCUT2D eigenvalue weighted by molar-refractivity contribution is 9.11. The van der Waals surface area contributed by atoms with E-state index in [1.807, 2.05) is 24.3 Å². The lowest BCUT2D eigenvalue weighted by Crippen LogP contribution is -1.95. The standard InChI is InChI=1S/C15H10Br2N2/c16-11-8-13(17)15(18-9-11)19-14-7-3-5-10-4-1-2-6-12(10)14/h1-9H,(H,18,19). The quantitative estimate of drug-likeness (QED) is 0.637. The van der Waals surface area contributed by atoms with Gasteiger partial charge in [0.1, 0.15) is 5.82 Å². The summed E-state index contributed by atoms with van der Waals surface area (Å²) < 4.78 is 1.87. The molecule has 3 aromatic rings. The predicted octanol–water partition coefficient (Wildman–Crippen LogP) is 5.50. The van der Waals surface area contributed by atoms with E-state index in [1.165, 1.54) is 10.8 Å². The van der Waals surface area contributed by atoms with Crippen LogP contribution < -0.4 is 5.32 Å². The summed E-state index contributed by atoms with van der Waals surface area (Å²) in [6.07, 6.45) is 1.78. The van der Waals surface area contributed by atoms with Crippen molar-refractivity contribution in [3.05, 3.63) is 63.7 Å². The second-order valence-corrected chi connectivity index (χ2v) is 5.91. The zero-order valence-electron chi connectivity index (χ0n) is 9.90. The van der Waals surface area contributed by atoms with E-state index >= 15 is 0 Å². The zero-order chi connectivity index (χ0) is 13.2. The Morgan fingerprint density at radius 2 is 1.74 bits per heavy atom. The van der Waals surface area contributed by atoms with Crippen LogP contribution in [0.4, 0.5) is 11.5 Å². The molecule has 0 amide bonds. The van der Waals surface area contributed by atoms with Gasteiger partial charge in [-0.3, -0.25) is 0 Å². The van der Waals surface area contributed by atoms with E-state index in [0.29, 0.717) is 0 Å². The Kier molecular flexibility index (Phi) is 3.53. The Morgan fingerprint density at radius 1 is 0.947 bits per heavy atom. The van der Waals surface area contributed by atoms with Crippen LogP contribution in [0.2, 0.25) is 0 Å². The topological polar surface area (TPSA) is 24.9 Å². The highest BCUT2D eigenvalue weighted by Crippen LogP contribution is 2.30. The summed E-state index contributed by atoms with van der Waals surface area (Å²) in [6, 6.07) is 16.5. The van der Waals surface area contributed by atoms with Crippen LogP contribution in [-0.4, -0.2) is 4.98 Å². The molecular weight excluding hydrogens is 368 g/mol. The average molecular weight is 378 g/mol. The van der Waals surface area contributed by atoms with Crippen LogP contribution >= 0.6 is 31.9 Å². The van der Waals surface area contributed by atoms with E-state index in [-0.39, 0.29) is 0 Å². The van der Waals surface area contributed by atoms with Crippen LogP contribution in [0.1, 0.15) is 0 Å². The second-order valence-electron chi connectivity index (χ2n) is 4.14. The monoisotopic (exact) mass is 376 g/mol. The number of nitrogens with one attached hydrogen (secondary N) is 1. The third-order valence-electron chi connectivity index (χ3n) is 2.85. The minimum atomic E-state index is 0.805. The molecule has 0 saturated heterocycles. The first-order valence-electron chi connectivity index (χ1n) is 5.80. The zero-order valence-corrected chi connectivity index (χ0v) is 13.1. The van der Waals surface area contributed by atoms with E-state index in [0.717, 1.165) is 20.5 Å². The first-order valence-corrected chi connectivity index (χ1v) is 7.38. The van der Waals surface area contributed by atoms with E-state index < -0.39 is 0 Å². The first-order chi connectivity index (χ1) is 9.24. The molecule has 3 rings (SSSR count). The minimum absolute atomic E-state index is 0.805. The van der Waals surface area contributed by atoms with Crippen molar-refractivity contribution in [1.82, 2.24) is 4.98 Å². The SMILES string of the molecule is Brc1cnc(Nc2cccc3ccccc23)c(Br)c1. The Bertz CT molecular complexity index is 736. The van der Waals surface area contributed by atoms with Crippen molar-refractivity contribution < 1.29 is 0 Å². The van der Waals surface area contributed by atoms with Gasteiger partial charge in [-0.1, -0.05) is 36.4 Å². The van der Waals surface area contributed by atoms with Crippen molar-refractivity contribution in [2.45, 2.75) is 0 Å². The maximum absolute atomic E-state index is 4.38. The molecule has 0 bridgehead atoms. The summed E-state index contributed by atoms with van der Waals surface area (Å²) in [5.74, 6) is 0.805. The predicted molar refractivity (Wildman–Crippen MR) is 86.9 cm³/mol. The molecule has 2 aromatic carbocycles. The summed E-state index contributed by atoms with van der Waals surface area (Å²) >= 11 is 6.91. The molecule has 2 nitrogen and oxygen atoms in total. The van der Waals surface area contributed by atoms with Gasteiger partial charge in [0, 0.05) is 21.7 Å². The molecule has 0 aliphatic rings. The maximum atomic E-state index is 4.38. The molecule has 0 fully saturated rings. The van der Waals surface area contributed by atoms with Crippen LogP contribution in [0.5, 0.6) is 0 Å². The van der Waals surface area contributed by atoms with E-state index in [2.05, 4.69) is 66.4 Å². The molecular formula is C15H10Br2N2. The molecule has 0 aliphatic heterocycles. The summed E-state index contributed by atoms with van der Waals surface area (Å²) in [5, 5.41) is 5.75. The highest BCUT2D eigenvalue weighted by atomic mass is 79.9. The van der Waals surface area contributed by atoms with Crippen molar-refractivity contribution >= 4 is 54.1 Å². The average Bonchev–Trinajstić information content (AvgIpc) is 2.42. The molecule has 4 heteroatoms. The smallest absolute Gasteiger partial charge is 0.144 e. The highest BCUT2D eigenvalue weighted by Gasteiger charge is 2.05. The number of halogens is 2. The van der Waals surface area contributed by atoms with Gasteiger partial charge in [-0.2, -0.15) is 0 Å². The van der Waals surface area contributed by atoms with Gasteiger partial charge in [-0.15, -0.1) is 0 Å². The molecule has 1 aromatic heterocycles. The molecule has 94 valence electrons. The largest absolute Gasteiger partial charge is 0.339 e. The lowest BCUT2D eigenvalue weighted by Gasteiger charge is -2.10. The van der Waals surface area contributed by atoms with Gasteiger partial charge in [-0.25, -0.2) is 4.98 Å². The number of aromatic nitrogens is 1. The van der Waals surface area contributed by atoms with E-state index in [9.17, 15) is 0 Å². The number of hydrogen-bond donors (Lipinski definition) is 1. The van der Waals surface area contributed by atoms with Gasteiger partial charge in [-0.05, 0) is 49.4 Å². The molecule has 0 atom stereocenters. The number of hydrogen-bond acceptors (Lipinski definition) is 2. The first kappa shape index (κ1) is 12.6. The Morgan fingerprint density at radius 3 is 2.58 bits per heavy atom. The van der Waals surface area contributed by atoms with Crippen LogP contribution in [-0.2, 0) is 0 Å². The van der Waals surface area contributed by atoms with E-state index in [1.54, 1.807) is 6.20 Å². The van der Waals surface area contributed by atoms with Crippen molar-refractivity contribution in [2.75, 3.05) is 5.32 Å². The molecule has 0 aliphatic carbocycles. The molecule has 1 N–H and O–H groups in total. The summed E-state index contributed by atoms with van der Waals surface area (Å²) in [6.45, 7) is 0. The fraction of sp³-hybridized carbons (Fsp3) is 0.